The van der Waals surface area contributed by atoms with Crippen LogP contribution in [0.15, 0.2) is 24.3 Å². The van der Waals surface area contributed by atoms with Gasteiger partial charge in [0.2, 0.25) is 5.91 Å². The second-order valence-electron chi connectivity index (χ2n) is 5.78. The first-order valence-electron chi connectivity index (χ1n) is 7.50. The molecular weight excluding hydrogens is 292 g/mol. The summed E-state index contributed by atoms with van der Waals surface area (Å²) < 4.78 is 1.60. The van der Waals surface area contributed by atoms with Gasteiger partial charge in [-0.15, -0.1) is 0 Å². The molecule has 2 N–H and O–H groups in total. The molecule has 2 aromatic rings. The third kappa shape index (κ3) is 4.67. The quantitative estimate of drug-likeness (QED) is 0.840. The van der Waals surface area contributed by atoms with Crippen molar-refractivity contribution in [2.45, 2.75) is 40.7 Å². The smallest absolute Gasteiger partial charge is 0.260 e. The Morgan fingerprint density at radius 2 is 1.70 bits per heavy atom. The molecule has 0 saturated heterocycles. The van der Waals surface area contributed by atoms with Gasteiger partial charge in [-0.3, -0.25) is 25.1 Å². The zero-order chi connectivity index (χ0) is 17.0. The first-order valence-corrected chi connectivity index (χ1v) is 7.50. The van der Waals surface area contributed by atoms with Crippen molar-refractivity contribution in [2.75, 3.05) is 0 Å². The van der Waals surface area contributed by atoms with E-state index in [0.717, 1.165) is 22.5 Å². The monoisotopic (exact) mass is 314 g/mol. The van der Waals surface area contributed by atoms with E-state index in [0.29, 0.717) is 0 Å². The van der Waals surface area contributed by atoms with Crippen molar-refractivity contribution in [3.8, 4) is 0 Å². The zero-order valence-corrected chi connectivity index (χ0v) is 13.9. The van der Waals surface area contributed by atoms with Crippen molar-refractivity contribution in [3.05, 3.63) is 52.3 Å². The van der Waals surface area contributed by atoms with Gasteiger partial charge in [0.25, 0.3) is 5.91 Å². The lowest BCUT2D eigenvalue weighted by Gasteiger charge is -2.09. The molecule has 0 aliphatic heterocycles. The van der Waals surface area contributed by atoms with E-state index in [2.05, 4.69) is 16.0 Å². The minimum Gasteiger partial charge on any atom is -0.273 e. The van der Waals surface area contributed by atoms with Crippen molar-refractivity contribution in [2.24, 2.45) is 0 Å². The van der Waals surface area contributed by atoms with Gasteiger partial charge in [0.05, 0.1) is 12.1 Å². The highest BCUT2D eigenvalue weighted by atomic mass is 16.2. The molecule has 0 bridgehead atoms. The number of amides is 2. The summed E-state index contributed by atoms with van der Waals surface area (Å²) in [5.74, 6) is -0.570. The number of hydrazine groups is 1. The summed E-state index contributed by atoms with van der Waals surface area (Å²) in [6, 6.07) is 7.77. The summed E-state index contributed by atoms with van der Waals surface area (Å²) in [5, 5.41) is 4.21. The van der Waals surface area contributed by atoms with Crippen LogP contribution in [0.3, 0.4) is 0 Å². The van der Waals surface area contributed by atoms with Gasteiger partial charge in [-0.1, -0.05) is 18.2 Å². The van der Waals surface area contributed by atoms with Crippen molar-refractivity contribution >= 4 is 11.8 Å². The molecule has 0 atom stereocenters. The number of aromatic nitrogens is 2. The number of hydrogen-bond acceptors (Lipinski definition) is 3. The SMILES string of the molecule is Cc1cc(C)n(CC(=O)NNC(=O)Cc2ccc(C)c(C)c2)n1. The number of nitrogens with one attached hydrogen (secondary N) is 2. The predicted octanol–water partition coefficient (Wildman–Crippen LogP) is 1.51. The molecule has 6 nitrogen and oxygen atoms in total. The molecule has 0 saturated carbocycles. The Kier molecular flexibility index (Phi) is 5.16. The fraction of sp³-hybridized carbons (Fsp3) is 0.353. The standard InChI is InChI=1S/C17H22N4O2/c1-11-5-6-15(7-12(11)2)9-16(22)18-19-17(23)10-21-14(4)8-13(3)20-21/h5-8H,9-10H2,1-4H3,(H,18,22)(H,19,23). The molecule has 23 heavy (non-hydrogen) atoms. The van der Waals surface area contributed by atoms with Crippen LogP contribution in [0.4, 0.5) is 0 Å². The van der Waals surface area contributed by atoms with Gasteiger partial charge in [-0.25, -0.2) is 0 Å². The molecule has 0 unspecified atom stereocenters. The van der Waals surface area contributed by atoms with Crippen molar-refractivity contribution in [1.29, 1.82) is 0 Å². The molecule has 0 aliphatic carbocycles. The summed E-state index contributed by atoms with van der Waals surface area (Å²) in [7, 11) is 0. The Morgan fingerprint density at radius 3 is 2.30 bits per heavy atom. The predicted molar refractivity (Wildman–Crippen MR) is 87.6 cm³/mol. The topological polar surface area (TPSA) is 76.0 Å². The van der Waals surface area contributed by atoms with Crippen LogP contribution in [0.25, 0.3) is 0 Å². The summed E-state index contributed by atoms with van der Waals surface area (Å²) in [5.41, 5.74) is 9.85. The van der Waals surface area contributed by atoms with E-state index in [1.807, 2.05) is 52.0 Å². The number of hydrogen-bond donors (Lipinski definition) is 2. The van der Waals surface area contributed by atoms with E-state index in [-0.39, 0.29) is 24.8 Å². The van der Waals surface area contributed by atoms with Gasteiger partial charge in [0.15, 0.2) is 0 Å². The lowest BCUT2D eigenvalue weighted by Crippen LogP contribution is -2.44. The summed E-state index contributed by atoms with van der Waals surface area (Å²) >= 11 is 0. The number of aryl methyl sites for hydroxylation is 4. The van der Waals surface area contributed by atoms with E-state index >= 15 is 0 Å². The first kappa shape index (κ1) is 16.7. The fourth-order valence-corrected chi connectivity index (χ4v) is 2.29. The Bertz CT molecular complexity index is 734. The molecule has 1 aromatic carbocycles. The van der Waals surface area contributed by atoms with E-state index < -0.39 is 0 Å². The van der Waals surface area contributed by atoms with Crippen LogP contribution in [0.1, 0.15) is 28.1 Å². The summed E-state index contributed by atoms with van der Waals surface area (Å²) in [6.45, 7) is 7.85. The Balaban J connectivity index is 1.82. The fourth-order valence-electron chi connectivity index (χ4n) is 2.29. The highest BCUT2D eigenvalue weighted by Gasteiger charge is 2.09. The zero-order valence-electron chi connectivity index (χ0n) is 13.9. The first-order chi connectivity index (χ1) is 10.8. The maximum Gasteiger partial charge on any atom is 0.260 e. The second kappa shape index (κ2) is 7.09. The van der Waals surface area contributed by atoms with Gasteiger partial charge < -0.3 is 0 Å². The number of carbonyl (C=O) groups excluding carboxylic acids is 2. The minimum atomic E-state index is -0.315. The minimum absolute atomic E-state index is 0.0730. The molecular formula is C17H22N4O2. The van der Waals surface area contributed by atoms with E-state index in [1.54, 1.807) is 4.68 Å². The van der Waals surface area contributed by atoms with Gasteiger partial charge in [-0.2, -0.15) is 5.10 Å². The van der Waals surface area contributed by atoms with Crippen LogP contribution in [-0.4, -0.2) is 21.6 Å². The van der Waals surface area contributed by atoms with Crippen LogP contribution in [0, 0.1) is 27.7 Å². The molecule has 0 aliphatic rings. The third-order valence-corrected chi connectivity index (χ3v) is 3.67. The number of benzene rings is 1. The van der Waals surface area contributed by atoms with Crippen molar-refractivity contribution < 1.29 is 9.59 Å². The Morgan fingerprint density at radius 1 is 1.00 bits per heavy atom. The van der Waals surface area contributed by atoms with Gasteiger partial charge in [-0.05, 0) is 50.5 Å². The highest BCUT2D eigenvalue weighted by molar-refractivity contribution is 5.83. The lowest BCUT2D eigenvalue weighted by molar-refractivity contribution is -0.129. The maximum absolute atomic E-state index is 11.9. The normalized spacial score (nSPS) is 10.4. The maximum atomic E-state index is 11.9. The lowest BCUT2D eigenvalue weighted by atomic mass is 10.0. The van der Waals surface area contributed by atoms with Crippen LogP contribution in [0.2, 0.25) is 0 Å². The summed E-state index contributed by atoms with van der Waals surface area (Å²) in [4.78, 5) is 23.7. The van der Waals surface area contributed by atoms with E-state index in [9.17, 15) is 9.59 Å². The molecule has 0 fully saturated rings. The third-order valence-electron chi connectivity index (χ3n) is 3.67. The molecule has 122 valence electrons. The average molecular weight is 314 g/mol. The van der Waals surface area contributed by atoms with Crippen molar-refractivity contribution in [3.63, 3.8) is 0 Å². The largest absolute Gasteiger partial charge is 0.273 e. The summed E-state index contributed by atoms with van der Waals surface area (Å²) in [6.07, 6.45) is 0.224. The molecule has 2 amide bonds. The van der Waals surface area contributed by atoms with Gasteiger partial charge in [0.1, 0.15) is 6.54 Å². The second-order valence-corrected chi connectivity index (χ2v) is 5.78. The van der Waals surface area contributed by atoms with Gasteiger partial charge >= 0.3 is 0 Å². The molecule has 0 radical (unpaired) electrons. The molecule has 2 rings (SSSR count). The Hall–Kier alpha value is -2.63. The number of rotatable bonds is 4. The van der Waals surface area contributed by atoms with Crippen LogP contribution in [-0.2, 0) is 22.6 Å². The number of nitrogens with zero attached hydrogens (tertiary/aromatic N) is 2. The van der Waals surface area contributed by atoms with Crippen LogP contribution >= 0.6 is 0 Å². The molecule has 0 spiro atoms. The van der Waals surface area contributed by atoms with E-state index in [1.165, 1.54) is 5.56 Å². The van der Waals surface area contributed by atoms with E-state index in [4.69, 9.17) is 0 Å². The molecule has 1 aromatic heterocycles. The Labute approximate surface area is 135 Å². The molecule has 6 heteroatoms. The average Bonchev–Trinajstić information content (AvgIpc) is 2.79. The van der Waals surface area contributed by atoms with Crippen LogP contribution < -0.4 is 10.9 Å². The van der Waals surface area contributed by atoms with Crippen molar-refractivity contribution in [1.82, 2.24) is 20.6 Å². The van der Waals surface area contributed by atoms with Crippen LogP contribution in [0.5, 0.6) is 0 Å². The number of carbonyl (C=O) groups is 2. The van der Waals surface area contributed by atoms with Gasteiger partial charge in [0, 0.05) is 5.69 Å². The highest BCUT2D eigenvalue weighted by Crippen LogP contribution is 2.10. The molecule has 1 heterocycles.